The minimum atomic E-state index is -0.147. The van der Waals surface area contributed by atoms with E-state index in [1.165, 1.54) is 5.56 Å². The molecule has 0 aliphatic rings. The molecule has 1 rings (SSSR count). The van der Waals surface area contributed by atoms with Crippen molar-refractivity contribution < 1.29 is 14.3 Å². The summed E-state index contributed by atoms with van der Waals surface area (Å²) in [7, 11) is 0. The summed E-state index contributed by atoms with van der Waals surface area (Å²) in [5.74, 6) is 0.452. The lowest BCUT2D eigenvalue weighted by Gasteiger charge is -2.12. The number of aliphatic imine (C=N–C) groups is 1. The minimum Gasteiger partial charge on any atom is -0.379 e. The highest BCUT2D eigenvalue weighted by Crippen LogP contribution is 2.10. The number of nitrogens with zero attached hydrogens (tertiary/aromatic N) is 1. The Hall–Kier alpha value is -1.39. The highest BCUT2D eigenvalue weighted by Gasteiger charge is 2.04. The van der Waals surface area contributed by atoms with E-state index in [4.69, 9.17) is 9.47 Å². The van der Waals surface area contributed by atoms with Crippen LogP contribution < -0.4 is 16.0 Å². The van der Waals surface area contributed by atoms with E-state index in [2.05, 4.69) is 34.8 Å². The Morgan fingerprint density at radius 1 is 1.03 bits per heavy atom. The Bertz CT molecular complexity index is 585. The van der Waals surface area contributed by atoms with Crippen molar-refractivity contribution >= 4 is 41.5 Å². The zero-order valence-electron chi connectivity index (χ0n) is 18.0. The molecule has 8 heteroatoms. The number of carbonyl (C=O) groups excluding carboxylic acids is 1. The van der Waals surface area contributed by atoms with Gasteiger partial charge in [-0.15, -0.1) is 24.0 Å². The van der Waals surface area contributed by atoms with Crippen LogP contribution >= 0.6 is 24.0 Å². The first kappa shape index (κ1) is 27.6. The molecular weight excluding hydrogens is 483 g/mol. The molecule has 0 aliphatic heterocycles. The fraction of sp³-hybridized carbons (Fsp3) is 0.619. The summed E-state index contributed by atoms with van der Waals surface area (Å²) in [6.07, 6.45) is 3.16. The number of carbonyl (C=O) groups is 1. The molecule has 1 aromatic rings. The first-order valence-corrected chi connectivity index (χ1v) is 10.3. The van der Waals surface area contributed by atoms with E-state index in [9.17, 15) is 4.79 Å². The smallest absolute Gasteiger partial charge is 0.246 e. The number of rotatable bonds is 14. The lowest BCUT2D eigenvalue weighted by atomic mass is 10.1. The monoisotopic (exact) mass is 520 g/mol. The van der Waals surface area contributed by atoms with Gasteiger partial charge in [0.1, 0.15) is 6.54 Å². The second-order valence-corrected chi connectivity index (χ2v) is 6.30. The Labute approximate surface area is 192 Å². The molecule has 0 atom stereocenters. The molecule has 1 aromatic carbocycles. The maximum absolute atomic E-state index is 12.1. The molecule has 29 heavy (non-hydrogen) atoms. The van der Waals surface area contributed by atoms with Gasteiger partial charge in [0.2, 0.25) is 5.91 Å². The number of benzene rings is 1. The van der Waals surface area contributed by atoms with Crippen LogP contribution in [-0.4, -0.2) is 57.9 Å². The molecule has 1 amide bonds. The van der Waals surface area contributed by atoms with Crippen molar-refractivity contribution in [1.82, 2.24) is 10.6 Å². The predicted molar refractivity (Wildman–Crippen MR) is 130 cm³/mol. The van der Waals surface area contributed by atoms with Crippen molar-refractivity contribution in [2.75, 3.05) is 51.4 Å². The minimum absolute atomic E-state index is 0. The number of halogens is 1. The molecule has 0 saturated carbocycles. The van der Waals surface area contributed by atoms with Gasteiger partial charge in [0, 0.05) is 25.4 Å². The zero-order valence-corrected chi connectivity index (χ0v) is 20.3. The second-order valence-electron chi connectivity index (χ2n) is 6.30. The molecule has 7 nitrogen and oxygen atoms in total. The summed E-state index contributed by atoms with van der Waals surface area (Å²) < 4.78 is 11.0. The molecule has 0 saturated heterocycles. The van der Waals surface area contributed by atoms with E-state index in [1.807, 2.05) is 31.2 Å². The topological polar surface area (TPSA) is 84.0 Å². The third-order valence-corrected chi connectivity index (χ3v) is 3.90. The fourth-order valence-corrected chi connectivity index (χ4v) is 2.37. The maximum Gasteiger partial charge on any atom is 0.246 e. The van der Waals surface area contributed by atoms with Gasteiger partial charge in [0.15, 0.2) is 5.96 Å². The number of guanidine groups is 1. The van der Waals surface area contributed by atoms with Crippen molar-refractivity contribution in [3.8, 4) is 0 Å². The second kappa shape index (κ2) is 18.6. The van der Waals surface area contributed by atoms with Gasteiger partial charge in [-0.3, -0.25) is 4.79 Å². The fourth-order valence-electron chi connectivity index (χ4n) is 2.37. The normalized spacial score (nSPS) is 10.9. The van der Waals surface area contributed by atoms with Gasteiger partial charge in [-0.05, 0) is 37.5 Å². The number of anilines is 1. The third-order valence-electron chi connectivity index (χ3n) is 3.90. The first-order chi connectivity index (χ1) is 13.7. The molecular formula is C21H37IN4O3. The number of nitrogens with one attached hydrogen (secondary N) is 3. The van der Waals surface area contributed by atoms with Crippen LogP contribution in [0.25, 0.3) is 0 Å². The average Bonchev–Trinajstić information content (AvgIpc) is 2.70. The summed E-state index contributed by atoms with van der Waals surface area (Å²) in [5, 5.41) is 9.17. The van der Waals surface area contributed by atoms with Crippen LogP contribution in [0.1, 0.15) is 39.2 Å². The molecule has 0 unspecified atom stereocenters. The van der Waals surface area contributed by atoms with Crippen molar-refractivity contribution in [2.24, 2.45) is 4.99 Å². The Balaban J connectivity index is 0.00000784. The molecule has 0 spiro atoms. The van der Waals surface area contributed by atoms with Gasteiger partial charge in [0.05, 0.1) is 19.8 Å². The summed E-state index contributed by atoms with van der Waals surface area (Å²) in [4.78, 5) is 16.5. The van der Waals surface area contributed by atoms with E-state index in [0.29, 0.717) is 32.3 Å². The zero-order chi connectivity index (χ0) is 20.5. The van der Waals surface area contributed by atoms with Crippen molar-refractivity contribution in [1.29, 1.82) is 0 Å². The SMILES string of the molecule is CCCCOCCOCCNC(=NCC(=O)Nc1cccc(CC)c1)NCC.I. The lowest BCUT2D eigenvalue weighted by Crippen LogP contribution is -2.39. The molecule has 0 aliphatic carbocycles. The third kappa shape index (κ3) is 14.3. The highest BCUT2D eigenvalue weighted by atomic mass is 127. The summed E-state index contributed by atoms with van der Waals surface area (Å²) in [6.45, 7) is 10.1. The molecule has 0 bridgehead atoms. The number of ether oxygens (including phenoxy) is 2. The predicted octanol–water partition coefficient (Wildman–Crippen LogP) is 3.19. The quantitative estimate of drug-likeness (QED) is 0.152. The van der Waals surface area contributed by atoms with Gasteiger partial charge < -0.3 is 25.4 Å². The van der Waals surface area contributed by atoms with Crippen LogP contribution in [0.4, 0.5) is 5.69 Å². The van der Waals surface area contributed by atoms with Crippen LogP contribution in [0.3, 0.4) is 0 Å². The van der Waals surface area contributed by atoms with E-state index < -0.39 is 0 Å². The standard InChI is InChI=1S/C21H36N4O3.HI/c1-4-7-12-27-14-15-28-13-11-23-21(22-6-3)24-17-20(26)25-19-10-8-9-18(5-2)16-19;/h8-10,16H,4-7,11-15,17H2,1-3H3,(H,25,26)(H2,22,23,24);1H. The summed E-state index contributed by atoms with van der Waals surface area (Å²) in [5.41, 5.74) is 1.99. The molecule has 166 valence electrons. The van der Waals surface area contributed by atoms with E-state index in [-0.39, 0.29) is 36.4 Å². The van der Waals surface area contributed by atoms with Crippen LogP contribution in [0, 0.1) is 0 Å². The van der Waals surface area contributed by atoms with Crippen molar-refractivity contribution in [3.63, 3.8) is 0 Å². The Morgan fingerprint density at radius 2 is 1.79 bits per heavy atom. The maximum atomic E-state index is 12.1. The van der Waals surface area contributed by atoms with Crippen LogP contribution in [-0.2, 0) is 20.7 Å². The molecule has 3 N–H and O–H groups in total. The van der Waals surface area contributed by atoms with Gasteiger partial charge >= 0.3 is 0 Å². The van der Waals surface area contributed by atoms with E-state index in [0.717, 1.165) is 38.1 Å². The largest absolute Gasteiger partial charge is 0.379 e. The van der Waals surface area contributed by atoms with Gasteiger partial charge in [-0.25, -0.2) is 4.99 Å². The Kier molecular flexibility index (Phi) is 17.7. The number of hydrogen-bond acceptors (Lipinski definition) is 4. The van der Waals surface area contributed by atoms with Crippen molar-refractivity contribution in [2.45, 2.75) is 40.0 Å². The first-order valence-electron chi connectivity index (χ1n) is 10.3. The number of aryl methyl sites for hydroxylation is 1. The molecule has 0 fully saturated rings. The average molecular weight is 520 g/mol. The molecule has 0 heterocycles. The molecule has 0 radical (unpaired) electrons. The van der Waals surface area contributed by atoms with Crippen LogP contribution in [0.2, 0.25) is 0 Å². The summed E-state index contributed by atoms with van der Waals surface area (Å²) in [6, 6.07) is 7.85. The van der Waals surface area contributed by atoms with Gasteiger partial charge in [-0.2, -0.15) is 0 Å². The lowest BCUT2D eigenvalue weighted by molar-refractivity contribution is -0.114. The van der Waals surface area contributed by atoms with E-state index >= 15 is 0 Å². The highest BCUT2D eigenvalue weighted by molar-refractivity contribution is 14.0. The van der Waals surface area contributed by atoms with Crippen LogP contribution in [0.5, 0.6) is 0 Å². The summed E-state index contributed by atoms with van der Waals surface area (Å²) >= 11 is 0. The number of hydrogen-bond donors (Lipinski definition) is 3. The Morgan fingerprint density at radius 3 is 2.48 bits per heavy atom. The van der Waals surface area contributed by atoms with Gasteiger partial charge in [-0.1, -0.05) is 32.4 Å². The number of amides is 1. The van der Waals surface area contributed by atoms with Gasteiger partial charge in [0.25, 0.3) is 0 Å². The van der Waals surface area contributed by atoms with Crippen LogP contribution in [0.15, 0.2) is 29.3 Å². The number of unbranched alkanes of at least 4 members (excludes halogenated alkanes) is 1. The molecule has 0 aromatic heterocycles. The van der Waals surface area contributed by atoms with E-state index in [1.54, 1.807) is 0 Å². The van der Waals surface area contributed by atoms with Crippen molar-refractivity contribution in [3.05, 3.63) is 29.8 Å².